The van der Waals surface area contributed by atoms with Crippen LogP contribution < -0.4 is 16.4 Å². The third-order valence-electron chi connectivity index (χ3n) is 3.42. The maximum Gasteiger partial charge on any atom is 0.316 e. The fraction of sp³-hybridized carbons (Fsp3) is 0. The number of urea groups is 1. The van der Waals surface area contributed by atoms with E-state index < -0.39 is 6.03 Å². The van der Waals surface area contributed by atoms with Crippen molar-refractivity contribution in [3.8, 4) is 5.69 Å². The summed E-state index contributed by atoms with van der Waals surface area (Å²) in [7, 11) is 0. The number of aromatic nitrogens is 1. The quantitative estimate of drug-likeness (QED) is 0.689. The van der Waals surface area contributed by atoms with Crippen LogP contribution in [0.4, 0.5) is 16.2 Å². The van der Waals surface area contributed by atoms with E-state index in [-0.39, 0.29) is 5.91 Å². The number of benzene rings is 2. The molecule has 0 unspecified atom stereocenters. The third-order valence-corrected chi connectivity index (χ3v) is 3.42. The van der Waals surface area contributed by atoms with Crippen molar-refractivity contribution in [3.63, 3.8) is 0 Å². The number of carbonyl (C=O) groups is 2. The molecule has 3 rings (SSSR count). The van der Waals surface area contributed by atoms with Crippen LogP contribution in [-0.2, 0) is 0 Å². The van der Waals surface area contributed by atoms with Crippen molar-refractivity contribution >= 4 is 23.3 Å². The van der Waals surface area contributed by atoms with E-state index >= 15 is 0 Å². The lowest BCUT2D eigenvalue weighted by Gasteiger charge is -2.09. The van der Waals surface area contributed by atoms with Crippen molar-refractivity contribution in [1.29, 1.82) is 0 Å². The lowest BCUT2D eigenvalue weighted by atomic mass is 10.2. The highest BCUT2D eigenvalue weighted by Crippen LogP contribution is 2.17. The summed E-state index contributed by atoms with van der Waals surface area (Å²) < 4.78 is 1.96. The van der Waals surface area contributed by atoms with Crippen LogP contribution in [0, 0.1) is 0 Å². The average molecular weight is 320 g/mol. The molecule has 0 saturated carbocycles. The highest BCUT2D eigenvalue weighted by Gasteiger charge is 2.07. The zero-order chi connectivity index (χ0) is 16.9. The van der Waals surface area contributed by atoms with Gasteiger partial charge < -0.3 is 20.9 Å². The van der Waals surface area contributed by atoms with Crippen LogP contribution in [-0.4, -0.2) is 16.5 Å². The van der Waals surface area contributed by atoms with Gasteiger partial charge in [0.25, 0.3) is 5.91 Å². The van der Waals surface area contributed by atoms with Crippen molar-refractivity contribution in [2.24, 2.45) is 5.73 Å². The monoisotopic (exact) mass is 320 g/mol. The number of hydrogen-bond donors (Lipinski definition) is 3. The minimum atomic E-state index is -0.654. The summed E-state index contributed by atoms with van der Waals surface area (Å²) in [5, 5.41) is 5.25. The predicted octanol–water partition coefficient (Wildman–Crippen LogP) is 3.22. The summed E-state index contributed by atoms with van der Waals surface area (Å²) in [5.74, 6) is -0.231. The Morgan fingerprint density at radius 3 is 2.08 bits per heavy atom. The van der Waals surface area contributed by atoms with E-state index in [1.165, 1.54) is 0 Å². The topological polar surface area (TPSA) is 89.2 Å². The Bertz CT molecular complexity index is 855. The van der Waals surface area contributed by atoms with Gasteiger partial charge in [0.2, 0.25) is 0 Å². The summed E-state index contributed by atoms with van der Waals surface area (Å²) >= 11 is 0. The Kier molecular flexibility index (Phi) is 4.29. The van der Waals surface area contributed by atoms with Gasteiger partial charge in [-0.25, -0.2) is 4.79 Å². The fourth-order valence-electron chi connectivity index (χ4n) is 2.31. The molecule has 1 heterocycles. The molecule has 0 aliphatic heterocycles. The number of nitrogens with two attached hydrogens (primary N) is 1. The fourth-order valence-corrected chi connectivity index (χ4v) is 2.31. The van der Waals surface area contributed by atoms with E-state index in [2.05, 4.69) is 10.6 Å². The molecule has 24 heavy (non-hydrogen) atoms. The minimum Gasteiger partial charge on any atom is -0.351 e. The molecule has 3 amide bonds. The molecule has 0 bridgehead atoms. The summed E-state index contributed by atoms with van der Waals surface area (Å²) in [5.41, 5.74) is 7.69. The van der Waals surface area contributed by atoms with Crippen LogP contribution in [0.2, 0.25) is 0 Å². The van der Waals surface area contributed by atoms with Gasteiger partial charge in [-0.1, -0.05) is 6.07 Å². The van der Waals surface area contributed by atoms with Crippen molar-refractivity contribution in [3.05, 3.63) is 78.6 Å². The number of nitrogens with one attached hydrogen (secondary N) is 2. The minimum absolute atomic E-state index is 0.231. The molecule has 0 saturated heterocycles. The molecular formula is C18H16N4O2. The SMILES string of the molecule is NC(=O)Nc1cccc(NC(=O)c2ccc(-n3cccc3)cc2)c1. The van der Waals surface area contributed by atoms with E-state index in [4.69, 9.17) is 5.73 Å². The maximum absolute atomic E-state index is 12.3. The Morgan fingerprint density at radius 1 is 0.833 bits per heavy atom. The molecule has 120 valence electrons. The van der Waals surface area contributed by atoms with Gasteiger partial charge in [-0.2, -0.15) is 0 Å². The van der Waals surface area contributed by atoms with Crippen LogP contribution in [0.25, 0.3) is 5.69 Å². The molecule has 0 atom stereocenters. The van der Waals surface area contributed by atoms with Crippen LogP contribution in [0.1, 0.15) is 10.4 Å². The second-order valence-electron chi connectivity index (χ2n) is 5.16. The number of amides is 3. The normalized spacial score (nSPS) is 10.2. The molecule has 6 nitrogen and oxygen atoms in total. The summed E-state index contributed by atoms with van der Waals surface area (Å²) in [4.78, 5) is 23.2. The van der Waals surface area contributed by atoms with Gasteiger partial charge in [-0.15, -0.1) is 0 Å². The molecule has 0 aliphatic rings. The molecule has 0 fully saturated rings. The first kappa shape index (κ1) is 15.4. The first-order valence-corrected chi connectivity index (χ1v) is 7.33. The van der Waals surface area contributed by atoms with Crippen LogP contribution in [0.5, 0.6) is 0 Å². The van der Waals surface area contributed by atoms with Crippen molar-refractivity contribution < 1.29 is 9.59 Å². The van der Waals surface area contributed by atoms with Gasteiger partial charge in [-0.3, -0.25) is 4.79 Å². The summed E-state index contributed by atoms with van der Waals surface area (Å²) in [6, 6.07) is 17.3. The van der Waals surface area contributed by atoms with Gasteiger partial charge in [0, 0.05) is 35.0 Å². The summed E-state index contributed by atoms with van der Waals surface area (Å²) in [6.45, 7) is 0. The molecule has 2 aromatic carbocycles. The van der Waals surface area contributed by atoms with E-state index in [0.717, 1.165) is 5.69 Å². The smallest absolute Gasteiger partial charge is 0.316 e. The highest BCUT2D eigenvalue weighted by molar-refractivity contribution is 6.04. The van der Waals surface area contributed by atoms with Gasteiger partial charge >= 0.3 is 6.03 Å². The molecule has 0 radical (unpaired) electrons. The predicted molar refractivity (Wildman–Crippen MR) is 93.4 cm³/mol. The first-order valence-electron chi connectivity index (χ1n) is 7.33. The first-order chi connectivity index (χ1) is 11.6. The number of anilines is 2. The second-order valence-corrected chi connectivity index (χ2v) is 5.16. The van der Waals surface area contributed by atoms with Crippen molar-refractivity contribution in [1.82, 2.24) is 4.57 Å². The number of primary amides is 1. The van der Waals surface area contributed by atoms with E-state index in [9.17, 15) is 9.59 Å². The van der Waals surface area contributed by atoms with Crippen molar-refractivity contribution in [2.45, 2.75) is 0 Å². The molecule has 0 spiro atoms. The Balaban J connectivity index is 1.72. The van der Waals surface area contributed by atoms with Gasteiger partial charge in [0.15, 0.2) is 0 Å². The lowest BCUT2D eigenvalue weighted by molar-refractivity contribution is 0.102. The van der Waals surface area contributed by atoms with Gasteiger partial charge in [-0.05, 0) is 54.6 Å². The third kappa shape index (κ3) is 3.61. The van der Waals surface area contributed by atoms with E-state index in [1.54, 1.807) is 36.4 Å². The van der Waals surface area contributed by atoms with Crippen LogP contribution in [0.15, 0.2) is 73.1 Å². The van der Waals surface area contributed by atoms with Gasteiger partial charge in [0.1, 0.15) is 0 Å². The van der Waals surface area contributed by atoms with Crippen LogP contribution in [0.3, 0.4) is 0 Å². The van der Waals surface area contributed by atoms with Crippen molar-refractivity contribution in [2.75, 3.05) is 10.6 Å². The lowest BCUT2D eigenvalue weighted by Crippen LogP contribution is -2.19. The molecule has 1 aromatic heterocycles. The number of rotatable bonds is 4. The average Bonchev–Trinajstić information content (AvgIpc) is 3.09. The maximum atomic E-state index is 12.3. The Hall–Kier alpha value is -3.54. The standard InChI is InChI=1S/C18H16N4O2/c19-18(24)21-15-5-3-4-14(12-15)20-17(23)13-6-8-16(9-7-13)22-10-1-2-11-22/h1-12H,(H,20,23)(H3,19,21,24). The molecular weight excluding hydrogens is 304 g/mol. The Morgan fingerprint density at radius 2 is 1.46 bits per heavy atom. The second kappa shape index (κ2) is 6.70. The molecule has 0 aliphatic carbocycles. The highest BCUT2D eigenvalue weighted by atomic mass is 16.2. The number of hydrogen-bond acceptors (Lipinski definition) is 2. The largest absolute Gasteiger partial charge is 0.351 e. The Labute approximate surface area is 138 Å². The zero-order valence-corrected chi connectivity index (χ0v) is 12.8. The van der Waals surface area contributed by atoms with Gasteiger partial charge in [0.05, 0.1) is 0 Å². The van der Waals surface area contributed by atoms with E-state index in [0.29, 0.717) is 16.9 Å². The summed E-state index contributed by atoms with van der Waals surface area (Å²) in [6.07, 6.45) is 3.87. The number of carbonyl (C=O) groups excluding carboxylic acids is 2. The molecule has 4 N–H and O–H groups in total. The zero-order valence-electron chi connectivity index (χ0n) is 12.8. The van der Waals surface area contributed by atoms with E-state index in [1.807, 2.05) is 41.2 Å². The number of nitrogens with zero attached hydrogens (tertiary/aromatic N) is 1. The molecule has 3 aromatic rings. The van der Waals surface area contributed by atoms with Crippen LogP contribution >= 0.6 is 0 Å². The molecule has 6 heteroatoms.